The summed E-state index contributed by atoms with van der Waals surface area (Å²) in [6, 6.07) is 0. The van der Waals surface area contributed by atoms with E-state index >= 15 is 0 Å². The number of rotatable bonds is 0. The molecule has 8 heteroatoms. The number of hydrogen-bond acceptors (Lipinski definition) is 2. The number of halogens is 5. The van der Waals surface area contributed by atoms with Gasteiger partial charge in [0, 0.05) is 6.20 Å². The highest BCUT2D eigenvalue weighted by atomic mass is 79.9. The van der Waals surface area contributed by atoms with Gasteiger partial charge in [-0.05, 0) is 15.9 Å². The predicted octanol–water partition coefficient (Wildman–Crippen LogP) is 4.19. The first-order valence-corrected chi connectivity index (χ1v) is 5.83. The predicted molar refractivity (Wildman–Crippen MR) is 62.0 cm³/mol. The first-order valence-electron chi connectivity index (χ1n) is 4.66. The minimum absolute atomic E-state index is 0.177. The van der Waals surface area contributed by atoms with Gasteiger partial charge in [0.25, 0.3) is 0 Å². The molecular formula is C9H8BrClF3N3. The van der Waals surface area contributed by atoms with Crippen molar-refractivity contribution in [2.75, 3.05) is 0 Å². The highest BCUT2D eigenvalue weighted by Crippen LogP contribution is 2.30. The number of alkyl halides is 3. The number of fused-ring (bicyclic) bond motifs is 1. The fourth-order valence-corrected chi connectivity index (χ4v) is 1.66. The van der Waals surface area contributed by atoms with Crippen molar-refractivity contribution in [3.05, 3.63) is 27.8 Å². The minimum Gasteiger partial charge on any atom is -0.289 e. The van der Waals surface area contributed by atoms with Gasteiger partial charge in [0.2, 0.25) is 0 Å². The summed E-state index contributed by atoms with van der Waals surface area (Å²) in [6.07, 6.45) is -2.34. The van der Waals surface area contributed by atoms with E-state index in [0.717, 1.165) is 6.20 Å². The molecule has 17 heavy (non-hydrogen) atoms. The third-order valence-corrected chi connectivity index (χ3v) is 2.54. The molecule has 0 N–H and O–H groups in total. The summed E-state index contributed by atoms with van der Waals surface area (Å²) in [6.45, 7) is 4.00. The Labute approximate surface area is 109 Å². The fourth-order valence-electron chi connectivity index (χ4n) is 1.06. The largest absolute Gasteiger partial charge is 0.434 e. The Morgan fingerprint density at radius 1 is 1.35 bits per heavy atom. The highest BCUT2D eigenvalue weighted by Gasteiger charge is 2.34. The lowest BCUT2D eigenvalue weighted by atomic mass is 10.4. The maximum absolute atomic E-state index is 12.4. The second kappa shape index (κ2) is 5.22. The molecule has 0 fully saturated rings. The number of nitrogens with zero attached hydrogens (tertiary/aromatic N) is 3. The molecular weight excluding hydrogens is 322 g/mol. The van der Waals surface area contributed by atoms with Gasteiger partial charge in [-0.3, -0.25) is 4.40 Å². The van der Waals surface area contributed by atoms with Crippen LogP contribution in [0.25, 0.3) is 5.65 Å². The molecule has 0 spiro atoms. The molecule has 0 saturated carbocycles. The summed E-state index contributed by atoms with van der Waals surface area (Å²) in [5.41, 5.74) is -0.879. The van der Waals surface area contributed by atoms with Crippen LogP contribution in [-0.4, -0.2) is 14.4 Å². The standard InChI is InChI=1S/C7H2BrClF3N3.C2H6/c8-4-1-13-6-5(9)14-3(2-15(4)6)7(10,11)12;1-2/h1-2H;1-2H3. The molecule has 94 valence electrons. The topological polar surface area (TPSA) is 30.2 Å². The van der Waals surface area contributed by atoms with Gasteiger partial charge < -0.3 is 0 Å². The molecule has 0 amide bonds. The van der Waals surface area contributed by atoms with Gasteiger partial charge in [-0.1, -0.05) is 25.4 Å². The quantitative estimate of drug-likeness (QED) is 0.725. The van der Waals surface area contributed by atoms with Gasteiger partial charge in [-0.15, -0.1) is 0 Å². The first kappa shape index (κ1) is 14.2. The zero-order valence-corrected chi connectivity index (χ0v) is 11.2. The molecule has 0 unspecified atom stereocenters. The lowest BCUT2D eigenvalue weighted by molar-refractivity contribution is -0.141. The van der Waals surface area contributed by atoms with Crippen LogP contribution in [0.2, 0.25) is 5.15 Å². The van der Waals surface area contributed by atoms with Gasteiger partial charge in [-0.25, -0.2) is 9.97 Å². The van der Waals surface area contributed by atoms with Crippen LogP contribution in [-0.2, 0) is 6.18 Å². The highest BCUT2D eigenvalue weighted by molar-refractivity contribution is 9.10. The van der Waals surface area contributed by atoms with Crippen LogP contribution >= 0.6 is 27.5 Å². The Hall–Kier alpha value is -0.820. The van der Waals surface area contributed by atoms with Crippen LogP contribution in [0.3, 0.4) is 0 Å². The molecule has 3 nitrogen and oxygen atoms in total. The average Bonchev–Trinajstić information content (AvgIpc) is 2.63. The molecule has 2 heterocycles. The molecule has 0 aromatic carbocycles. The summed E-state index contributed by atoms with van der Waals surface area (Å²) < 4.78 is 38.7. The summed E-state index contributed by atoms with van der Waals surface area (Å²) in [7, 11) is 0. The van der Waals surface area contributed by atoms with E-state index in [9.17, 15) is 13.2 Å². The van der Waals surface area contributed by atoms with E-state index in [1.54, 1.807) is 0 Å². The van der Waals surface area contributed by atoms with Crippen LogP contribution in [0.4, 0.5) is 13.2 Å². The van der Waals surface area contributed by atoms with Gasteiger partial charge in [0.15, 0.2) is 16.5 Å². The van der Waals surface area contributed by atoms with Crippen LogP contribution < -0.4 is 0 Å². The summed E-state index contributed by atoms with van der Waals surface area (Å²) in [5, 5.41) is -0.282. The van der Waals surface area contributed by atoms with Crippen LogP contribution in [0.15, 0.2) is 17.0 Å². The van der Waals surface area contributed by atoms with Gasteiger partial charge in [0.1, 0.15) is 4.60 Å². The van der Waals surface area contributed by atoms with Crippen molar-refractivity contribution < 1.29 is 13.2 Å². The van der Waals surface area contributed by atoms with Crippen molar-refractivity contribution in [2.24, 2.45) is 0 Å². The van der Waals surface area contributed by atoms with Crippen LogP contribution in [0.1, 0.15) is 19.5 Å². The molecule has 0 bridgehead atoms. The Morgan fingerprint density at radius 2 is 1.94 bits per heavy atom. The molecule has 2 aromatic rings. The number of aromatic nitrogens is 3. The van der Waals surface area contributed by atoms with E-state index < -0.39 is 11.9 Å². The molecule has 0 saturated heterocycles. The summed E-state index contributed by atoms with van der Waals surface area (Å²) in [5.74, 6) is 0. The lowest BCUT2D eigenvalue weighted by Gasteiger charge is -2.06. The zero-order valence-electron chi connectivity index (χ0n) is 8.89. The van der Waals surface area contributed by atoms with E-state index in [4.69, 9.17) is 11.6 Å². The Bertz CT molecular complexity index is 524. The van der Waals surface area contributed by atoms with E-state index in [-0.39, 0.29) is 10.8 Å². The molecule has 0 radical (unpaired) electrons. The molecule has 2 aromatic heterocycles. The molecule has 0 aliphatic heterocycles. The number of hydrogen-bond donors (Lipinski definition) is 0. The Kier molecular flexibility index (Phi) is 4.37. The molecule has 0 aliphatic rings. The second-order valence-electron chi connectivity index (χ2n) is 2.69. The van der Waals surface area contributed by atoms with Crippen molar-refractivity contribution in [3.63, 3.8) is 0 Å². The van der Waals surface area contributed by atoms with E-state index in [1.165, 1.54) is 10.6 Å². The maximum atomic E-state index is 12.4. The molecule has 0 aliphatic carbocycles. The van der Waals surface area contributed by atoms with E-state index in [1.807, 2.05) is 13.8 Å². The van der Waals surface area contributed by atoms with Gasteiger partial charge >= 0.3 is 6.18 Å². The monoisotopic (exact) mass is 329 g/mol. The van der Waals surface area contributed by atoms with Crippen LogP contribution in [0, 0.1) is 0 Å². The van der Waals surface area contributed by atoms with Crippen molar-refractivity contribution in [2.45, 2.75) is 20.0 Å². The zero-order chi connectivity index (χ0) is 13.2. The third-order valence-electron chi connectivity index (χ3n) is 1.70. The number of imidazole rings is 1. The average molecular weight is 331 g/mol. The molecule has 0 atom stereocenters. The third kappa shape index (κ3) is 2.90. The van der Waals surface area contributed by atoms with Crippen molar-refractivity contribution in [3.8, 4) is 0 Å². The summed E-state index contributed by atoms with van der Waals surface area (Å²) in [4.78, 5) is 7.02. The second-order valence-corrected chi connectivity index (χ2v) is 3.86. The summed E-state index contributed by atoms with van der Waals surface area (Å²) >= 11 is 8.61. The smallest absolute Gasteiger partial charge is 0.289 e. The van der Waals surface area contributed by atoms with E-state index in [0.29, 0.717) is 4.60 Å². The Balaban J connectivity index is 0.000000686. The molecule has 2 rings (SSSR count). The van der Waals surface area contributed by atoms with Crippen LogP contribution in [0.5, 0.6) is 0 Å². The van der Waals surface area contributed by atoms with Gasteiger partial charge in [-0.2, -0.15) is 13.2 Å². The SMILES string of the molecule is CC.FC(F)(F)c1cn2c(Br)cnc2c(Cl)n1. The van der Waals surface area contributed by atoms with Crippen molar-refractivity contribution in [1.82, 2.24) is 14.4 Å². The minimum atomic E-state index is -4.53. The maximum Gasteiger partial charge on any atom is 0.434 e. The van der Waals surface area contributed by atoms with Crippen molar-refractivity contribution >= 4 is 33.2 Å². The first-order chi connectivity index (χ1) is 7.89. The van der Waals surface area contributed by atoms with Crippen molar-refractivity contribution in [1.29, 1.82) is 0 Å². The Morgan fingerprint density at radius 3 is 2.47 bits per heavy atom. The lowest BCUT2D eigenvalue weighted by Crippen LogP contribution is -2.10. The van der Waals surface area contributed by atoms with E-state index in [2.05, 4.69) is 25.9 Å². The fraction of sp³-hybridized carbons (Fsp3) is 0.333. The normalized spacial score (nSPS) is 11.2. The van der Waals surface area contributed by atoms with Gasteiger partial charge in [0.05, 0.1) is 6.20 Å².